The lowest BCUT2D eigenvalue weighted by atomic mass is 10.0. The van der Waals surface area contributed by atoms with E-state index in [9.17, 15) is 9.59 Å². The van der Waals surface area contributed by atoms with Gasteiger partial charge in [-0.3, -0.25) is 14.5 Å². The van der Waals surface area contributed by atoms with Crippen molar-refractivity contribution in [2.24, 2.45) is 0 Å². The van der Waals surface area contributed by atoms with Crippen molar-refractivity contribution in [3.8, 4) is 0 Å². The van der Waals surface area contributed by atoms with Crippen molar-refractivity contribution in [3.63, 3.8) is 0 Å². The summed E-state index contributed by atoms with van der Waals surface area (Å²) in [7, 11) is 1.88. The number of carboxylic acids is 1. The second kappa shape index (κ2) is 9.35. The summed E-state index contributed by atoms with van der Waals surface area (Å²) < 4.78 is 0. The Labute approximate surface area is 161 Å². The molecular weight excluding hydrogens is 354 g/mol. The van der Waals surface area contributed by atoms with E-state index in [0.29, 0.717) is 12.5 Å². The summed E-state index contributed by atoms with van der Waals surface area (Å²) in [6.45, 7) is 3.53. The number of halogens is 1. The number of carboxylic acid groups (broad SMARTS) is 1. The fourth-order valence-electron chi connectivity index (χ4n) is 3.91. The molecule has 144 valence electrons. The Morgan fingerprint density at radius 3 is 2.58 bits per heavy atom. The van der Waals surface area contributed by atoms with E-state index >= 15 is 0 Å². The number of para-hydroxylation sites is 1. The van der Waals surface area contributed by atoms with Crippen LogP contribution in [0.15, 0.2) is 24.3 Å². The molecule has 0 aliphatic carbocycles. The zero-order valence-corrected chi connectivity index (χ0v) is 16.1. The number of anilines is 1. The van der Waals surface area contributed by atoms with Gasteiger partial charge >= 0.3 is 5.97 Å². The first kappa shape index (κ1) is 20.7. The fourth-order valence-corrected chi connectivity index (χ4v) is 3.91. The minimum Gasteiger partial charge on any atom is -0.480 e. The molecule has 1 N–H and O–H groups in total. The molecule has 1 saturated heterocycles. The largest absolute Gasteiger partial charge is 0.480 e. The molecule has 2 heterocycles. The monoisotopic (exact) mass is 381 g/mol. The van der Waals surface area contributed by atoms with Crippen molar-refractivity contribution in [3.05, 3.63) is 29.8 Å². The van der Waals surface area contributed by atoms with Crippen molar-refractivity contribution < 1.29 is 14.7 Å². The molecule has 1 aromatic rings. The van der Waals surface area contributed by atoms with Crippen LogP contribution in [0.3, 0.4) is 0 Å². The SMILES string of the molecule is CN(CC(=O)O)C1CCN(CCC(=O)N2CCc3ccccc32)CC1.Cl. The van der Waals surface area contributed by atoms with Crippen LogP contribution in [-0.4, -0.2) is 72.6 Å². The van der Waals surface area contributed by atoms with Crippen LogP contribution in [0.1, 0.15) is 24.8 Å². The maximum absolute atomic E-state index is 12.6. The summed E-state index contributed by atoms with van der Waals surface area (Å²) in [6.07, 6.45) is 3.42. The van der Waals surface area contributed by atoms with E-state index in [1.54, 1.807) is 0 Å². The van der Waals surface area contributed by atoms with Crippen molar-refractivity contribution >= 4 is 30.0 Å². The molecule has 0 bridgehead atoms. The summed E-state index contributed by atoms with van der Waals surface area (Å²) >= 11 is 0. The first-order valence-electron chi connectivity index (χ1n) is 9.07. The van der Waals surface area contributed by atoms with Crippen LogP contribution < -0.4 is 4.90 Å². The number of piperidine rings is 1. The Hall–Kier alpha value is -1.63. The summed E-state index contributed by atoms with van der Waals surface area (Å²) in [5.41, 5.74) is 2.33. The third kappa shape index (κ3) is 4.96. The van der Waals surface area contributed by atoms with Gasteiger partial charge in [-0.05, 0) is 51.0 Å². The van der Waals surface area contributed by atoms with Gasteiger partial charge in [0.25, 0.3) is 0 Å². The lowest BCUT2D eigenvalue weighted by Gasteiger charge is -2.36. The standard InChI is InChI=1S/C19H27N3O3.ClH/c1-20(14-19(24)25)16-7-10-21(11-8-16)12-9-18(23)22-13-6-15-4-2-3-5-17(15)22;/h2-5,16H,6-14H2,1H3,(H,24,25);1H. The average molecular weight is 382 g/mol. The number of amides is 1. The first-order chi connectivity index (χ1) is 12.0. The summed E-state index contributed by atoms with van der Waals surface area (Å²) in [5.74, 6) is -0.573. The molecule has 2 aliphatic heterocycles. The van der Waals surface area contributed by atoms with Gasteiger partial charge in [-0.2, -0.15) is 0 Å². The Bertz CT molecular complexity index is 632. The third-order valence-electron chi connectivity index (χ3n) is 5.40. The molecule has 1 aromatic carbocycles. The summed E-state index contributed by atoms with van der Waals surface area (Å²) in [5, 5.41) is 8.89. The molecule has 6 nitrogen and oxygen atoms in total. The molecule has 3 rings (SSSR count). The normalized spacial score (nSPS) is 17.8. The topological polar surface area (TPSA) is 64.1 Å². The van der Waals surface area contributed by atoms with E-state index in [1.165, 1.54) is 5.56 Å². The summed E-state index contributed by atoms with van der Waals surface area (Å²) in [4.78, 5) is 29.6. The third-order valence-corrected chi connectivity index (χ3v) is 5.40. The molecule has 7 heteroatoms. The zero-order chi connectivity index (χ0) is 17.8. The average Bonchev–Trinajstić information content (AvgIpc) is 3.03. The van der Waals surface area contributed by atoms with Gasteiger partial charge in [-0.15, -0.1) is 12.4 Å². The highest BCUT2D eigenvalue weighted by Crippen LogP contribution is 2.28. The van der Waals surface area contributed by atoms with Crippen molar-refractivity contribution in [1.29, 1.82) is 0 Å². The Kier molecular flexibility index (Phi) is 7.43. The Morgan fingerprint density at radius 2 is 1.88 bits per heavy atom. The Morgan fingerprint density at radius 1 is 1.19 bits per heavy atom. The number of aliphatic carboxylic acids is 1. The van der Waals surface area contributed by atoms with E-state index in [1.807, 2.05) is 35.0 Å². The fraction of sp³-hybridized carbons (Fsp3) is 0.579. The second-order valence-corrected chi connectivity index (χ2v) is 7.06. The quantitative estimate of drug-likeness (QED) is 0.815. The van der Waals surface area contributed by atoms with Crippen molar-refractivity contribution in [2.75, 3.05) is 44.7 Å². The predicted molar refractivity (Wildman–Crippen MR) is 104 cm³/mol. The minimum atomic E-state index is -0.776. The van der Waals surface area contributed by atoms with E-state index in [-0.39, 0.29) is 24.9 Å². The number of likely N-dealkylation sites (tertiary alicyclic amines) is 1. The van der Waals surface area contributed by atoms with Gasteiger partial charge in [0.1, 0.15) is 0 Å². The minimum absolute atomic E-state index is 0. The van der Waals surface area contributed by atoms with Crippen LogP contribution in [0.2, 0.25) is 0 Å². The molecule has 2 aliphatic rings. The van der Waals surface area contributed by atoms with E-state index in [4.69, 9.17) is 5.11 Å². The second-order valence-electron chi connectivity index (χ2n) is 7.06. The van der Waals surface area contributed by atoms with E-state index in [2.05, 4.69) is 11.0 Å². The number of nitrogens with zero attached hydrogens (tertiary/aromatic N) is 3. The maximum atomic E-state index is 12.6. The highest BCUT2D eigenvalue weighted by molar-refractivity contribution is 5.95. The van der Waals surface area contributed by atoms with Crippen LogP contribution in [0.4, 0.5) is 5.69 Å². The molecule has 1 fully saturated rings. The zero-order valence-electron chi connectivity index (χ0n) is 15.3. The molecule has 0 spiro atoms. The molecule has 0 saturated carbocycles. The van der Waals surface area contributed by atoms with Gasteiger partial charge in [0.05, 0.1) is 6.54 Å². The van der Waals surface area contributed by atoms with Gasteiger partial charge in [-0.25, -0.2) is 0 Å². The summed E-state index contributed by atoms with van der Waals surface area (Å²) in [6, 6.07) is 8.47. The molecule has 0 atom stereocenters. The van der Waals surface area contributed by atoms with Crippen LogP contribution in [0.5, 0.6) is 0 Å². The number of hydrogen-bond donors (Lipinski definition) is 1. The molecule has 0 unspecified atom stereocenters. The maximum Gasteiger partial charge on any atom is 0.317 e. The first-order valence-corrected chi connectivity index (χ1v) is 9.07. The number of benzene rings is 1. The van der Waals surface area contributed by atoms with Crippen LogP contribution in [0.25, 0.3) is 0 Å². The number of likely N-dealkylation sites (N-methyl/N-ethyl adjacent to an activating group) is 1. The number of rotatable bonds is 6. The van der Waals surface area contributed by atoms with Gasteiger partial charge in [0, 0.05) is 31.2 Å². The van der Waals surface area contributed by atoms with Crippen molar-refractivity contribution in [2.45, 2.75) is 31.7 Å². The number of carbonyl (C=O) groups excluding carboxylic acids is 1. The van der Waals surface area contributed by atoms with Crippen LogP contribution in [-0.2, 0) is 16.0 Å². The number of fused-ring (bicyclic) bond motifs is 1. The number of hydrogen-bond acceptors (Lipinski definition) is 4. The lowest BCUT2D eigenvalue weighted by Crippen LogP contribution is -2.45. The molecule has 26 heavy (non-hydrogen) atoms. The molecular formula is C19H28ClN3O3. The molecule has 0 aromatic heterocycles. The smallest absolute Gasteiger partial charge is 0.317 e. The lowest BCUT2D eigenvalue weighted by molar-refractivity contribution is -0.138. The Balaban J connectivity index is 0.00000243. The highest BCUT2D eigenvalue weighted by Gasteiger charge is 2.26. The van der Waals surface area contributed by atoms with Crippen LogP contribution in [0, 0.1) is 0 Å². The van der Waals surface area contributed by atoms with E-state index in [0.717, 1.165) is 51.1 Å². The van der Waals surface area contributed by atoms with Gasteiger partial charge < -0.3 is 14.9 Å². The molecule has 0 radical (unpaired) electrons. The van der Waals surface area contributed by atoms with E-state index < -0.39 is 5.97 Å². The number of carbonyl (C=O) groups is 2. The predicted octanol–water partition coefficient (Wildman–Crippen LogP) is 1.87. The highest BCUT2D eigenvalue weighted by atomic mass is 35.5. The van der Waals surface area contributed by atoms with Crippen molar-refractivity contribution in [1.82, 2.24) is 9.80 Å². The van der Waals surface area contributed by atoms with Crippen LogP contribution >= 0.6 is 12.4 Å². The van der Waals surface area contributed by atoms with Gasteiger partial charge in [-0.1, -0.05) is 18.2 Å². The van der Waals surface area contributed by atoms with Gasteiger partial charge in [0.2, 0.25) is 5.91 Å². The van der Waals surface area contributed by atoms with Gasteiger partial charge in [0.15, 0.2) is 0 Å². The molecule has 1 amide bonds.